The third-order valence-electron chi connectivity index (χ3n) is 3.64. The second-order valence-corrected chi connectivity index (χ2v) is 6.25. The lowest BCUT2D eigenvalue weighted by Gasteiger charge is -2.17. The van der Waals surface area contributed by atoms with Gasteiger partial charge >= 0.3 is 6.36 Å². The van der Waals surface area contributed by atoms with Gasteiger partial charge in [0.1, 0.15) is 11.6 Å². The van der Waals surface area contributed by atoms with E-state index >= 15 is 0 Å². The van der Waals surface area contributed by atoms with Crippen LogP contribution in [-0.4, -0.2) is 22.7 Å². The Kier molecular flexibility index (Phi) is 4.06. The molecule has 3 N–H and O–H groups in total. The van der Waals surface area contributed by atoms with Crippen LogP contribution in [0.25, 0.3) is 5.69 Å². The van der Waals surface area contributed by atoms with Crippen molar-refractivity contribution in [2.24, 2.45) is 0 Å². The first kappa shape index (κ1) is 18.0. The van der Waals surface area contributed by atoms with Gasteiger partial charge in [0.15, 0.2) is 0 Å². The number of hydrogen-bond acceptors (Lipinski definition) is 5. The zero-order valence-corrected chi connectivity index (χ0v) is 14.5. The molecule has 2 amide bonds. The number of nitrogens with zero attached hydrogens (tertiary/aromatic N) is 1. The average Bonchev–Trinajstić information content (AvgIpc) is 2.74. The lowest BCUT2D eigenvalue weighted by molar-refractivity contribution is -0.274. The monoisotopic (exact) mass is 431 g/mol. The molecule has 0 unspecified atom stereocenters. The van der Waals surface area contributed by atoms with Crippen LogP contribution in [-0.2, 0) is 0 Å². The number of aryl methyl sites for hydroxylation is 1. The molecule has 7 nitrogen and oxygen atoms in total. The topological polar surface area (TPSA) is 103 Å². The van der Waals surface area contributed by atoms with E-state index in [2.05, 4.69) is 20.7 Å². The van der Waals surface area contributed by atoms with Crippen LogP contribution in [0.3, 0.4) is 0 Å². The van der Waals surface area contributed by atoms with Crippen LogP contribution in [0.15, 0.2) is 27.5 Å². The maximum Gasteiger partial charge on any atom is 0.573 e. The minimum Gasteiger partial charge on any atom is -0.406 e. The molecule has 2 aromatic rings. The van der Waals surface area contributed by atoms with Crippen molar-refractivity contribution in [1.82, 2.24) is 9.88 Å². The first-order valence-corrected chi connectivity index (χ1v) is 7.76. The molecule has 0 spiro atoms. The van der Waals surface area contributed by atoms with E-state index in [1.807, 2.05) is 5.32 Å². The molecule has 0 saturated carbocycles. The minimum absolute atomic E-state index is 0.0789. The van der Waals surface area contributed by atoms with E-state index in [1.54, 1.807) is 0 Å². The van der Waals surface area contributed by atoms with E-state index in [0.29, 0.717) is 0 Å². The number of nitrogens with two attached hydrogens (primary N) is 1. The summed E-state index contributed by atoms with van der Waals surface area (Å²) in [7, 11) is 0. The number of rotatable bonds is 2. The minimum atomic E-state index is -4.88. The van der Waals surface area contributed by atoms with Gasteiger partial charge in [0.05, 0.1) is 16.8 Å². The Morgan fingerprint density at radius 1 is 1.15 bits per heavy atom. The number of fused-ring (bicyclic) bond motifs is 1. The number of halogens is 4. The highest BCUT2D eigenvalue weighted by molar-refractivity contribution is 9.10. The number of carbonyl (C=O) groups excluding carboxylic acids is 2. The molecule has 11 heteroatoms. The van der Waals surface area contributed by atoms with Crippen molar-refractivity contribution < 1.29 is 27.5 Å². The highest BCUT2D eigenvalue weighted by Gasteiger charge is 2.33. The van der Waals surface area contributed by atoms with Gasteiger partial charge in [0.2, 0.25) is 0 Å². The van der Waals surface area contributed by atoms with Crippen molar-refractivity contribution in [2.75, 3.05) is 5.73 Å². The third kappa shape index (κ3) is 2.94. The zero-order chi connectivity index (χ0) is 19.4. The van der Waals surface area contributed by atoms with Gasteiger partial charge in [-0.25, -0.2) is 0 Å². The Hall–Kier alpha value is -2.82. The fourth-order valence-electron chi connectivity index (χ4n) is 2.69. The number of nitrogens with one attached hydrogen (secondary N) is 1. The Bertz CT molecular complexity index is 1010. The van der Waals surface area contributed by atoms with Gasteiger partial charge in [-0.15, -0.1) is 13.2 Å². The molecular formula is C15H9BrF3N3O4. The van der Waals surface area contributed by atoms with Gasteiger partial charge in [-0.3, -0.25) is 24.3 Å². The fourth-order valence-corrected chi connectivity index (χ4v) is 3.41. The average molecular weight is 432 g/mol. The number of alkyl halides is 3. The lowest BCUT2D eigenvalue weighted by atomic mass is 10.1. The second kappa shape index (κ2) is 5.87. The van der Waals surface area contributed by atoms with Crippen LogP contribution >= 0.6 is 15.9 Å². The van der Waals surface area contributed by atoms with Gasteiger partial charge in [-0.05, 0) is 40.5 Å². The van der Waals surface area contributed by atoms with Crippen LogP contribution in [0.2, 0.25) is 0 Å². The van der Waals surface area contributed by atoms with E-state index in [-0.39, 0.29) is 32.7 Å². The van der Waals surface area contributed by atoms with Gasteiger partial charge in [-0.2, -0.15) is 0 Å². The molecule has 0 atom stereocenters. The quantitative estimate of drug-likeness (QED) is 0.709. The zero-order valence-electron chi connectivity index (χ0n) is 12.9. The Morgan fingerprint density at radius 2 is 1.81 bits per heavy atom. The van der Waals surface area contributed by atoms with Gasteiger partial charge in [-0.1, -0.05) is 0 Å². The predicted octanol–water partition coefficient (Wildman–Crippen LogP) is 2.27. The molecule has 1 aliphatic rings. The first-order chi connectivity index (χ1) is 12.0. The summed E-state index contributed by atoms with van der Waals surface area (Å²) in [6.07, 6.45) is -4.88. The van der Waals surface area contributed by atoms with E-state index in [4.69, 9.17) is 5.73 Å². The third-order valence-corrected chi connectivity index (χ3v) is 4.24. The van der Waals surface area contributed by atoms with Crippen LogP contribution in [0.1, 0.15) is 26.3 Å². The van der Waals surface area contributed by atoms with E-state index in [9.17, 15) is 27.6 Å². The van der Waals surface area contributed by atoms with Gasteiger partial charge in [0, 0.05) is 10.5 Å². The SMILES string of the molecule is Cc1cc(OC(F)(F)F)cc(Br)c1-n1c(N)c2c(cc1=O)C(=O)NC2=O. The molecule has 3 rings (SSSR count). The lowest BCUT2D eigenvalue weighted by Crippen LogP contribution is -2.25. The summed E-state index contributed by atoms with van der Waals surface area (Å²) >= 11 is 3.09. The molecule has 1 aromatic carbocycles. The number of pyridine rings is 1. The number of nitrogen functional groups attached to an aromatic ring is 1. The number of hydrogen-bond donors (Lipinski definition) is 2. The smallest absolute Gasteiger partial charge is 0.406 e. The standard InChI is InChI=1S/C15H9BrF3N3O4/c1-5-2-6(26-15(17,18)19)3-8(16)11(5)22-9(23)4-7-10(12(22)20)14(25)21-13(7)24/h2-4H,20H2,1H3,(H,21,24,25). The number of amides is 2. The second-order valence-electron chi connectivity index (χ2n) is 5.39. The summed E-state index contributed by atoms with van der Waals surface area (Å²) in [5.74, 6) is -2.30. The molecule has 1 aliphatic heterocycles. The predicted molar refractivity (Wildman–Crippen MR) is 87.4 cm³/mol. The summed E-state index contributed by atoms with van der Waals surface area (Å²) in [5.41, 5.74) is 5.21. The molecule has 0 saturated heterocycles. The largest absolute Gasteiger partial charge is 0.573 e. The van der Waals surface area contributed by atoms with Crippen molar-refractivity contribution in [2.45, 2.75) is 13.3 Å². The number of aromatic nitrogens is 1. The van der Waals surface area contributed by atoms with Gasteiger partial charge in [0.25, 0.3) is 17.4 Å². The summed E-state index contributed by atoms with van der Waals surface area (Å²) < 4.78 is 42.1. The van der Waals surface area contributed by atoms with E-state index in [1.165, 1.54) is 6.92 Å². The molecular weight excluding hydrogens is 423 g/mol. The molecule has 1 aromatic heterocycles. The number of anilines is 1. The van der Waals surface area contributed by atoms with Crippen molar-refractivity contribution in [3.63, 3.8) is 0 Å². The normalized spacial score (nSPS) is 13.6. The molecule has 26 heavy (non-hydrogen) atoms. The summed E-state index contributed by atoms with van der Waals surface area (Å²) in [5, 5.41) is 2.03. The summed E-state index contributed by atoms with van der Waals surface area (Å²) in [6, 6.07) is 3.02. The molecule has 0 aliphatic carbocycles. The number of benzene rings is 1. The highest BCUT2D eigenvalue weighted by atomic mass is 79.9. The van der Waals surface area contributed by atoms with Crippen molar-refractivity contribution in [1.29, 1.82) is 0 Å². The Morgan fingerprint density at radius 3 is 2.38 bits per heavy atom. The molecule has 136 valence electrons. The maximum absolute atomic E-state index is 12.4. The van der Waals surface area contributed by atoms with Gasteiger partial charge < -0.3 is 10.5 Å². The fraction of sp³-hybridized carbons (Fsp3) is 0.133. The Balaban J connectivity index is 2.23. The first-order valence-electron chi connectivity index (χ1n) is 6.97. The van der Waals surface area contributed by atoms with E-state index in [0.717, 1.165) is 22.8 Å². The van der Waals surface area contributed by atoms with Crippen molar-refractivity contribution >= 4 is 33.6 Å². The maximum atomic E-state index is 12.4. The van der Waals surface area contributed by atoms with Crippen molar-refractivity contribution in [3.05, 3.63) is 49.7 Å². The van der Waals surface area contributed by atoms with E-state index < -0.39 is 29.5 Å². The number of carbonyl (C=O) groups is 2. The molecule has 0 radical (unpaired) electrons. The molecule has 2 heterocycles. The Labute approximate surface area is 151 Å². The summed E-state index contributed by atoms with van der Waals surface area (Å²) in [6.45, 7) is 1.44. The highest BCUT2D eigenvalue weighted by Crippen LogP contribution is 2.34. The summed E-state index contributed by atoms with van der Waals surface area (Å²) in [4.78, 5) is 36.0. The van der Waals surface area contributed by atoms with Crippen LogP contribution in [0.4, 0.5) is 19.0 Å². The van der Waals surface area contributed by atoms with Crippen LogP contribution < -0.4 is 21.3 Å². The molecule has 0 bridgehead atoms. The van der Waals surface area contributed by atoms with Crippen LogP contribution in [0.5, 0.6) is 5.75 Å². The molecule has 0 fully saturated rings. The number of ether oxygens (including phenoxy) is 1. The number of imide groups is 1. The van der Waals surface area contributed by atoms with Crippen LogP contribution in [0, 0.1) is 6.92 Å². The van der Waals surface area contributed by atoms with Crippen molar-refractivity contribution in [3.8, 4) is 11.4 Å².